The summed E-state index contributed by atoms with van der Waals surface area (Å²) in [5, 5.41) is 4.68. The predicted molar refractivity (Wildman–Crippen MR) is 121 cm³/mol. The Kier molecular flexibility index (Phi) is 4.50. The molecular formula is C23H24ClN5O4. The van der Waals surface area contributed by atoms with Crippen molar-refractivity contribution in [2.24, 2.45) is 0 Å². The Hall–Kier alpha value is -2.75. The van der Waals surface area contributed by atoms with Gasteiger partial charge in [-0.25, -0.2) is 4.98 Å². The molecule has 0 saturated carbocycles. The maximum Gasteiger partial charge on any atom is 0.280 e. The molecule has 0 bridgehead atoms. The molecule has 0 aliphatic carbocycles. The molecule has 0 radical (unpaired) electrons. The van der Waals surface area contributed by atoms with Crippen LogP contribution in [0.1, 0.15) is 58.4 Å². The average molecular weight is 470 g/mol. The molecular weight excluding hydrogens is 446 g/mol. The Morgan fingerprint density at radius 1 is 1.18 bits per heavy atom. The van der Waals surface area contributed by atoms with E-state index in [0.717, 1.165) is 31.2 Å². The molecule has 6 rings (SSSR count). The molecule has 10 heteroatoms. The van der Waals surface area contributed by atoms with E-state index in [1.807, 2.05) is 26.8 Å². The van der Waals surface area contributed by atoms with Crippen molar-refractivity contribution in [2.75, 3.05) is 6.61 Å². The van der Waals surface area contributed by atoms with E-state index in [0.29, 0.717) is 34.2 Å². The van der Waals surface area contributed by atoms with Crippen molar-refractivity contribution in [3.05, 3.63) is 45.8 Å². The van der Waals surface area contributed by atoms with Gasteiger partial charge < -0.3 is 14.0 Å². The van der Waals surface area contributed by atoms with Crippen LogP contribution in [0.25, 0.3) is 28.1 Å². The first-order valence-corrected chi connectivity index (χ1v) is 11.5. The number of hydrogen-bond donors (Lipinski definition) is 0. The zero-order valence-electron chi connectivity index (χ0n) is 18.7. The minimum atomic E-state index is -0.783. The fourth-order valence-corrected chi connectivity index (χ4v) is 5.19. The minimum Gasteiger partial charge on any atom is -0.363 e. The summed E-state index contributed by atoms with van der Waals surface area (Å²) >= 11 is 6.31. The summed E-state index contributed by atoms with van der Waals surface area (Å²) in [6.45, 7) is 6.60. The Bertz CT molecular complexity index is 1450. The summed E-state index contributed by atoms with van der Waals surface area (Å²) in [6.07, 6.45) is 4.63. The molecule has 172 valence electrons. The van der Waals surface area contributed by atoms with Gasteiger partial charge >= 0.3 is 0 Å². The maximum absolute atomic E-state index is 13.9. The number of imidazole rings is 1. The van der Waals surface area contributed by atoms with Crippen LogP contribution in [-0.4, -0.2) is 36.3 Å². The Morgan fingerprint density at radius 2 is 2.03 bits per heavy atom. The predicted octanol–water partition coefficient (Wildman–Crippen LogP) is 4.47. The van der Waals surface area contributed by atoms with Crippen LogP contribution in [0.3, 0.4) is 0 Å². The first-order valence-electron chi connectivity index (χ1n) is 11.1. The van der Waals surface area contributed by atoms with Crippen molar-refractivity contribution in [3.8, 4) is 11.5 Å². The van der Waals surface area contributed by atoms with Gasteiger partial charge in [0.25, 0.3) is 11.4 Å². The lowest BCUT2D eigenvalue weighted by Gasteiger charge is -2.28. The van der Waals surface area contributed by atoms with Crippen LogP contribution >= 0.6 is 11.6 Å². The smallest absolute Gasteiger partial charge is 0.280 e. The standard InChI is InChI=1S/C23H24ClN5O4/c1-22(2)9-7-16(32-22)20-26-19(27-33-20)17-18-21(30)29(23(3)8-4-10-31-23)15-11-13(24)5-6-14(15)28(18)12-25-17/h5-6,11-12,16H,4,7-10H2,1-3H3. The molecule has 0 spiro atoms. The number of rotatable bonds is 3. The van der Waals surface area contributed by atoms with Crippen molar-refractivity contribution < 1.29 is 14.0 Å². The molecule has 2 fully saturated rings. The van der Waals surface area contributed by atoms with E-state index >= 15 is 0 Å². The fraction of sp³-hybridized carbons (Fsp3) is 0.478. The number of aromatic nitrogens is 5. The van der Waals surface area contributed by atoms with E-state index < -0.39 is 5.72 Å². The highest BCUT2D eigenvalue weighted by atomic mass is 35.5. The van der Waals surface area contributed by atoms with Crippen LogP contribution in [0.4, 0.5) is 0 Å². The zero-order valence-corrected chi connectivity index (χ0v) is 19.4. The summed E-state index contributed by atoms with van der Waals surface area (Å²) in [7, 11) is 0. The van der Waals surface area contributed by atoms with E-state index in [2.05, 4.69) is 15.1 Å². The Morgan fingerprint density at radius 3 is 2.76 bits per heavy atom. The third kappa shape index (κ3) is 3.21. The first-order chi connectivity index (χ1) is 15.8. The lowest BCUT2D eigenvalue weighted by Crippen LogP contribution is -2.39. The van der Waals surface area contributed by atoms with Gasteiger partial charge in [-0.05, 0) is 64.7 Å². The molecule has 0 N–H and O–H groups in total. The normalized spacial score (nSPS) is 24.9. The van der Waals surface area contributed by atoms with E-state index in [1.54, 1.807) is 27.4 Å². The molecule has 2 aliphatic heterocycles. The van der Waals surface area contributed by atoms with Crippen molar-refractivity contribution in [1.82, 2.24) is 24.1 Å². The number of nitrogens with zero attached hydrogens (tertiary/aromatic N) is 5. The number of hydrogen-bond acceptors (Lipinski definition) is 7. The zero-order chi connectivity index (χ0) is 23.0. The second-order valence-corrected chi connectivity index (χ2v) is 10.0. The maximum atomic E-state index is 13.9. The number of ether oxygens (including phenoxy) is 2. The largest absolute Gasteiger partial charge is 0.363 e. The highest BCUT2D eigenvalue weighted by molar-refractivity contribution is 6.31. The SMILES string of the molecule is CC1(C)CCC(c2nc(-c3ncn4c3c(=O)n(C3(C)CCCO3)c3cc(Cl)ccc34)no2)O1. The molecule has 2 saturated heterocycles. The second kappa shape index (κ2) is 7.12. The van der Waals surface area contributed by atoms with E-state index in [4.69, 9.17) is 25.6 Å². The van der Waals surface area contributed by atoms with E-state index in [9.17, 15) is 4.79 Å². The van der Waals surface area contributed by atoms with Crippen LogP contribution in [0.2, 0.25) is 5.02 Å². The van der Waals surface area contributed by atoms with Crippen LogP contribution in [0.5, 0.6) is 0 Å². The molecule has 2 aliphatic rings. The number of fused-ring (bicyclic) bond motifs is 3. The topological polar surface area (TPSA) is 96.7 Å². The summed E-state index contributed by atoms with van der Waals surface area (Å²) in [4.78, 5) is 23.0. The lowest BCUT2D eigenvalue weighted by molar-refractivity contribution is -0.0447. The fourth-order valence-electron chi connectivity index (χ4n) is 5.02. The van der Waals surface area contributed by atoms with Gasteiger partial charge in [0.2, 0.25) is 5.82 Å². The van der Waals surface area contributed by atoms with Gasteiger partial charge in [-0.2, -0.15) is 4.98 Å². The van der Waals surface area contributed by atoms with Gasteiger partial charge in [0, 0.05) is 11.6 Å². The molecule has 1 aromatic carbocycles. The summed E-state index contributed by atoms with van der Waals surface area (Å²) in [5.74, 6) is 0.658. The third-order valence-corrected chi connectivity index (χ3v) is 6.92. The van der Waals surface area contributed by atoms with Crippen molar-refractivity contribution >= 4 is 28.2 Å². The molecule has 2 atom stereocenters. The van der Waals surface area contributed by atoms with Crippen LogP contribution in [0, 0.1) is 0 Å². The quantitative estimate of drug-likeness (QED) is 0.436. The number of benzene rings is 1. The molecule has 3 aromatic heterocycles. The minimum absolute atomic E-state index is 0.231. The van der Waals surface area contributed by atoms with E-state index in [1.165, 1.54) is 0 Å². The van der Waals surface area contributed by atoms with Gasteiger partial charge in [0.1, 0.15) is 29.4 Å². The number of halogens is 1. The van der Waals surface area contributed by atoms with Crippen molar-refractivity contribution in [2.45, 2.75) is 63.9 Å². The van der Waals surface area contributed by atoms with E-state index in [-0.39, 0.29) is 23.1 Å². The summed E-state index contributed by atoms with van der Waals surface area (Å²) < 4.78 is 21.0. The van der Waals surface area contributed by atoms with Gasteiger partial charge in [-0.1, -0.05) is 16.8 Å². The summed E-state index contributed by atoms with van der Waals surface area (Å²) in [5.41, 5.74) is 0.935. The van der Waals surface area contributed by atoms with Gasteiger partial charge in [0.05, 0.1) is 16.6 Å². The molecule has 9 nitrogen and oxygen atoms in total. The Balaban J connectivity index is 1.56. The molecule has 4 aromatic rings. The monoisotopic (exact) mass is 469 g/mol. The van der Waals surface area contributed by atoms with Crippen LogP contribution in [0.15, 0.2) is 33.8 Å². The molecule has 2 unspecified atom stereocenters. The lowest BCUT2D eigenvalue weighted by atomic mass is 10.1. The van der Waals surface area contributed by atoms with Crippen molar-refractivity contribution in [3.63, 3.8) is 0 Å². The Labute approximate surface area is 194 Å². The second-order valence-electron chi connectivity index (χ2n) is 9.57. The van der Waals surface area contributed by atoms with Crippen LogP contribution in [-0.2, 0) is 15.2 Å². The average Bonchev–Trinajstić information content (AvgIpc) is 3.53. The first kappa shape index (κ1) is 20.8. The van der Waals surface area contributed by atoms with Gasteiger partial charge in [0.15, 0.2) is 0 Å². The van der Waals surface area contributed by atoms with Crippen LogP contribution < -0.4 is 5.56 Å². The van der Waals surface area contributed by atoms with Crippen molar-refractivity contribution in [1.29, 1.82) is 0 Å². The molecule has 0 amide bonds. The molecule has 5 heterocycles. The third-order valence-electron chi connectivity index (χ3n) is 6.68. The summed E-state index contributed by atoms with van der Waals surface area (Å²) in [6, 6.07) is 5.46. The molecule has 33 heavy (non-hydrogen) atoms. The highest BCUT2D eigenvalue weighted by Crippen LogP contribution is 2.39. The van der Waals surface area contributed by atoms with Gasteiger partial charge in [-0.3, -0.25) is 13.8 Å². The highest BCUT2D eigenvalue weighted by Gasteiger charge is 2.37. The van der Waals surface area contributed by atoms with Gasteiger partial charge in [-0.15, -0.1) is 0 Å².